The number of halogens is 1. The fourth-order valence-corrected chi connectivity index (χ4v) is 3.03. The second-order valence-electron chi connectivity index (χ2n) is 5.48. The number of thiol groups is 1. The summed E-state index contributed by atoms with van der Waals surface area (Å²) in [4.78, 5) is 12.9. The van der Waals surface area contributed by atoms with Gasteiger partial charge in [-0.05, 0) is 55.2 Å². The van der Waals surface area contributed by atoms with E-state index in [1.54, 1.807) is 18.2 Å². The lowest BCUT2D eigenvalue weighted by molar-refractivity contribution is 0.0942. The molecule has 1 amide bonds. The van der Waals surface area contributed by atoms with Crippen LogP contribution in [0, 0.1) is 11.3 Å². The van der Waals surface area contributed by atoms with Gasteiger partial charge in [0.05, 0.1) is 10.6 Å². The van der Waals surface area contributed by atoms with Crippen molar-refractivity contribution in [2.45, 2.75) is 30.6 Å². The van der Waals surface area contributed by atoms with Gasteiger partial charge in [-0.25, -0.2) is 0 Å². The van der Waals surface area contributed by atoms with Crippen molar-refractivity contribution in [1.29, 1.82) is 0 Å². The van der Waals surface area contributed by atoms with Gasteiger partial charge in [0.1, 0.15) is 0 Å². The molecular weight excluding hydrogens is 266 g/mol. The number of hydrogen-bond acceptors (Lipinski definition) is 2. The van der Waals surface area contributed by atoms with Crippen molar-refractivity contribution in [1.82, 2.24) is 5.32 Å². The molecule has 0 bridgehead atoms. The van der Waals surface area contributed by atoms with Gasteiger partial charge in [-0.1, -0.05) is 11.6 Å². The van der Waals surface area contributed by atoms with Gasteiger partial charge in [-0.3, -0.25) is 4.79 Å². The lowest BCUT2D eigenvalue weighted by atomic mass is 10.0. The first kappa shape index (κ1) is 12.4. The second-order valence-corrected chi connectivity index (χ2v) is 6.41. The number of nitrogens with one attached hydrogen (secondary N) is 1. The molecule has 1 N–H and O–H groups in total. The zero-order chi connectivity index (χ0) is 12.8. The molecule has 0 aromatic heterocycles. The average Bonchev–Trinajstić information content (AvgIpc) is 3.21. The summed E-state index contributed by atoms with van der Waals surface area (Å²) >= 11 is 10.3. The van der Waals surface area contributed by atoms with E-state index in [0.717, 1.165) is 17.4 Å². The molecule has 0 atom stereocenters. The van der Waals surface area contributed by atoms with Crippen LogP contribution in [0.15, 0.2) is 23.1 Å². The lowest BCUT2D eigenvalue weighted by Crippen LogP contribution is -2.31. The number of rotatable bonds is 4. The number of carbonyl (C=O) groups is 1. The van der Waals surface area contributed by atoms with E-state index < -0.39 is 0 Å². The first-order chi connectivity index (χ1) is 8.61. The number of amides is 1. The Bertz CT molecular complexity index is 495. The molecule has 2 fully saturated rings. The minimum atomic E-state index is -0.0807. The van der Waals surface area contributed by atoms with E-state index in [-0.39, 0.29) is 5.91 Å². The summed E-state index contributed by atoms with van der Waals surface area (Å²) in [6, 6.07) is 5.22. The van der Waals surface area contributed by atoms with Gasteiger partial charge in [0.2, 0.25) is 0 Å². The predicted molar refractivity (Wildman–Crippen MR) is 75.4 cm³/mol. The van der Waals surface area contributed by atoms with Crippen molar-refractivity contribution in [3.05, 3.63) is 28.8 Å². The van der Waals surface area contributed by atoms with E-state index in [2.05, 4.69) is 17.9 Å². The van der Waals surface area contributed by atoms with E-state index in [1.165, 1.54) is 25.7 Å². The maximum atomic E-state index is 12.1. The fraction of sp³-hybridized carbons (Fsp3) is 0.500. The third-order valence-electron chi connectivity index (χ3n) is 4.13. The second kappa shape index (κ2) is 4.46. The Balaban J connectivity index is 1.65. The fourth-order valence-electron chi connectivity index (χ4n) is 2.62. The van der Waals surface area contributed by atoms with Gasteiger partial charge in [0, 0.05) is 11.4 Å². The summed E-state index contributed by atoms with van der Waals surface area (Å²) in [6.07, 6.45) is 5.20. The van der Waals surface area contributed by atoms with Crippen molar-refractivity contribution in [3.8, 4) is 0 Å². The summed E-state index contributed by atoms with van der Waals surface area (Å²) < 4.78 is 0. The molecule has 3 rings (SSSR count). The van der Waals surface area contributed by atoms with Crippen LogP contribution in [0.5, 0.6) is 0 Å². The Morgan fingerprint density at radius 1 is 1.44 bits per heavy atom. The van der Waals surface area contributed by atoms with Crippen molar-refractivity contribution in [3.63, 3.8) is 0 Å². The van der Waals surface area contributed by atoms with E-state index in [1.807, 2.05) is 0 Å². The summed E-state index contributed by atoms with van der Waals surface area (Å²) in [6.45, 7) is 0.795. The molecule has 0 unspecified atom stereocenters. The Morgan fingerprint density at radius 2 is 2.17 bits per heavy atom. The van der Waals surface area contributed by atoms with Crippen molar-refractivity contribution in [2.75, 3.05) is 6.54 Å². The maximum absolute atomic E-state index is 12.1. The zero-order valence-electron chi connectivity index (χ0n) is 10.1. The Hall–Kier alpha value is -0.670. The third kappa shape index (κ3) is 2.39. The van der Waals surface area contributed by atoms with Gasteiger partial charge in [-0.15, -0.1) is 12.6 Å². The van der Waals surface area contributed by atoms with E-state index in [0.29, 0.717) is 16.0 Å². The van der Waals surface area contributed by atoms with Crippen LogP contribution in [0.25, 0.3) is 0 Å². The number of hydrogen-bond donors (Lipinski definition) is 2. The van der Waals surface area contributed by atoms with E-state index >= 15 is 0 Å². The highest BCUT2D eigenvalue weighted by Gasteiger charge is 2.53. The van der Waals surface area contributed by atoms with Gasteiger partial charge in [0.15, 0.2) is 0 Å². The molecule has 1 aromatic rings. The number of carbonyl (C=O) groups excluding carboxylic acids is 1. The maximum Gasteiger partial charge on any atom is 0.252 e. The molecule has 0 radical (unpaired) electrons. The normalized spacial score (nSPS) is 20.6. The van der Waals surface area contributed by atoms with E-state index in [4.69, 9.17) is 11.6 Å². The monoisotopic (exact) mass is 281 g/mol. The molecule has 2 nitrogen and oxygen atoms in total. The lowest BCUT2D eigenvalue weighted by Gasteiger charge is -2.15. The standard InChI is InChI=1S/C14H16ClNOS/c15-12-4-3-10(18)7-11(12)13(17)16-8-14(5-6-14)9-1-2-9/h3-4,7,9,18H,1-2,5-6,8H2,(H,16,17). The topological polar surface area (TPSA) is 29.1 Å². The van der Waals surface area contributed by atoms with Crippen molar-refractivity contribution < 1.29 is 4.79 Å². The SMILES string of the molecule is O=C(NCC1(C2CC2)CC1)c1cc(S)ccc1Cl. The summed E-state index contributed by atoms with van der Waals surface area (Å²) in [5, 5.41) is 3.52. The first-order valence-corrected chi connectivity index (χ1v) is 7.20. The minimum absolute atomic E-state index is 0.0807. The largest absolute Gasteiger partial charge is 0.351 e. The highest BCUT2D eigenvalue weighted by atomic mass is 35.5. The molecule has 0 heterocycles. The van der Waals surface area contributed by atoms with Gasteiger partial charge in [0.25, 0.3) is 5.91 Å². The molecule has 18 heavy (non-hydrogen) atoms. The van der Waals surface area contributed by atoms with Gasteiger partial charge < -0.3 is 5.32 Å². The molecule has 0 aliphatic heterocycles. The van der Waals surface area contributed by atoms with Crippen LogP contribution in [0.3, 0.4) is 0 Å². The molecule has 4 heteroatoms. The molecule has 1 aromatic carbocycles. The molecule has 0 saturated heterocycles. The molecule has 2 aliphatic carbocycles. The average molecular weight is 282 g/mol. The van der Waals surface area contributed by atoms with Crippen LogP contribution in [0.1, 0.15) is 36.0 Å². The van der Waals surface area contributed by atoms with Crippen molar-refractivity contribution in [2.24, 2.45) is 11.3 Å². The van der Waals surface area contributed by atoms with E-state index in [9.17, 15) is 4.79 Å². The summed E-state index contributed by atoms with van der Waals surface area (Å²) in [5.41, 5.74) is 0.941. The zero-order valence-corrected chi connectivity index (χ0v) is 11.7. The smallest absolute Gasteiger partial charge is 0.252 e. The molecule has 2 aliphatic rings. The first-order valence-electron chi connectivity index (χ1n) is 6.37. The molecule has 96 valence electrons. The predicted octanol–water partition coefficient (Wildman–Crippen LogP) is 3.55. The molecular formula is C14H16ClNOS. The van der Waals surface area contributed by atoms with Crippen molar-refractivity contribution >= 4 is 30.1 Å². The van der Waals surface area contributed by atoms with Crippen LogP contribution >= 0.6 is 24.2 Å². The van der Waals surface area contributed by atoms with Crippen LogP contribution in [-0.4, -0.2) is 12.5 Å². The molecule has 2 saturated carbocycles. The van der Waals surface area contributed by atoms with Crippen LogP contribution in [0.4, 0.5) is 0 Å². The van der Waals surface area contributed by atoms with Gasteiger partial charge >= 0.3 is 0 Å². The Labute approximate surface area is 118 Å². The highest BCUT2D eigenvalue weighted by Crippen LogP contribution is 2.60. The minimum Gasteiger partial charge on any atom is -0.351 e. The molecule has 0 spiro atoms. The van der Waals surface area contributed by atoms with Crippen LogP contribution in [0.2, 0.25) is 5.02 Å². The quantitative estimate of drug-likeness (QED) is 0.812. The summed E-state index contributed by atoms with van der Waals surface area (Å²) in [5.74, 6) is 0.771. The summed E-state index contributed by atoms with van der Waals surface area (Å²) in [7, 11) is 0. The Kier molecular flexibility index (Phi) is 3.07. The highest BCUT2D eigenvalue weighted by molar-refractivity contribution is 7.80. The van der Waals surface area contributed by atoms with Crippen LogP contribution < -0.4 is 5.32 Å². The third-order valence-corrected chi connectivity index (χ3v) is 4.74. The van der Waals surface area contributed by atoms with Crippen LogP contribution in [-0.2, 0) is 0 Å². The number of benzene rings is 1. The van der Waals surface area contributed by atoms with Gasteiger partial charge in [-0.2, -0.15) is 0 Å². The Morgan fingerprint density at radius 3 is 2.78 bits per heavy atom.